The molecular formula is C15H25NO. The summed E-state index contributed by atoms with van der Waals surface area (Å²) in [5, 5.41) is 14.5. The third kappa shape index (κ3) is 1.60. The van der Waals surface area contributed by atoms with Crippen molar-refractivity contribution in [1.82, 2.24) is 5.32 Å². The van der Waals surface area contributed by atoms with Crippen LogP contribution in [0, 0.1) is 29.6 Å². The van der Waals surface area contributed by atoms with Crippen LogP contribution >= 0.6 is 0 Å². The second kappa shape index (κ2) is 3.71. The van der Waals surface area contributed by atoms with Crippen molar-refractivity contribution in [3.63, 3.8) is 0 Å². The Morgan fingerprint density at radius 2 is 1.59 bits per heavy atom. The number of nitrogens with one attached hydrogen (secondary N) is 1. The molecule has 2 nitrogen and oxygen atoms in total. The monoisotopic (exact) mass is 235 g/mol. The van der Waals surface area contributed by atoms with Crippen LogP contribution in [0.25, 0.3) is 0 Å². The number of hydrogen-bond donors (Lipinski definition) is 2. The van der Waals surface area contributed by atoms with Crippen LogP contribution in [0.15, 0.2) is 0 Å². The molecular weight excluding hydrogens is 210 g/mol. The molecule has 0 spiro atoms. The lowest BCUT2D eigenvalue weighted by molar-refractivity contribution is -0.149. The summed E-state index contributed by atoms with van der Waals surface area (Å²) in [6, 6.07) is 0. The van der Waals surface area contributed by atoms with Crippen LogP contribution in [0.2, 0.25) is 0 Å². The first-order valence-electron chi connectivity index (χ1n) is 7.68. The van der Waals surface area contributed by atoms with Gasteiger partial charge in [0, 0.05) is 6.54 Å². The Hall–Kier alpha value is -0.0800. The van der Waals surface area contributed by atoms with Gasteiger partial charge in [-0.15, -0.1) is 0 Å². The largest absolute Gasteiger partial charge is 0.388 e. The Kier molecular flexibility index (Phi) is 2.36. The standard InChI is InChI=1S/C15H25NO/c17-15(2-1-3-16-9-15)14-12-5-10-4-11(7-12)8-13(14)6-10/h10-14,16-17H,1-9H2. The zero-order chi connectivity index (χ0) is 11.5. The van der Waals surface area contributed by atoms with Crippen LogP contribution in [0.4, 0.5) is 0 Å². The van der Waals surface area contributed by atoms with E-state index in [2.05, 4.69) is 5.32 Å². The number of β-amino-alcohol motifs (C(OH)–C–C–N with tert-alkyl or cyclic N) is 1. The van der Waals surface area contributed by atoms with Crippen molar-refractivity contribution >= 4 is 0 Å². The Morgan fingerprint density at radius 1 is 0.941 bits per heavy atom. The molecule has 5 rings (SSSR count). The lowest BCUT2D eigenvalue weighted by atomic mass is 9.48. The Labute approximate surface area is 104 Å². The van der Waals surface area contributed by atoms with Gasteiger partial charge in [0.1, 0.15) is 0 Å². The molecule has 17 heavy (non-hydrogen) atoms. The fourth-order valence-corrected chi connectivity index (χ4v) is 6.00. The zero-order valence-electron chi connectivity index (χ0n) is 10.7. The summed E-state index contributed by atoms with van der Waals surface area (Å²) in [6.07, 6.45) is 9.45. The summed E-state index contributed by atoms with van der Waals surface area (Å²) >= 11 is 0. The highest BCUT2D eigenvalue weighted by atomic mass is 16.3. The fraction of sp³-hybridized carbons (Fsp3) is 1.00. The van der Waals surface area contributed by atoms with Crippen molar-refractivity contribution in [3.8, 4) is 0 Å². The minimum atomic E-state index is -0.360. The van der Waals surface area contributed by atoms with E-state index in [0.717, 1.165) is 43.2 Å². The first-order chi connectivity index (χ1) is 8.24. The summed E-state index contributed by atoms with van der Waals surface area (Å²) in [6.45, 7) is 1.97. The summed E-state index contributed by atoms with van der Waals surface area (Å²) in [7, 11) is 0. The molecule has 0 aromatic heterocycles. The molecule has 1 atom stereocenters. The van der Waals surface area contributed by atoms with Crippen LogP contribution in [0.3, 0.4) is 0 Å². The quantitative estimate of drug-likeness (QED) is 0.730. The van der Waals surface area contributed by atoms with E-state index in [9.17, 15) is 5.11 Å². The normalized spacial score (nSPS) is 57.4. The maximum atomic E-state index is 11.0. The molecule has 2 N–H and O–H groups in total. The molecule has 1 aliphatic heterocycles. The van der Waals surface area contributed by atoms with E-state index in [1.54, 1.807) is 0 Å². The minimum Gasteiger partial charge on any atom is -0.388 e. The second-order valence-electron chi connectivity index (χ2n) is 7.34. The van der Waals surface area contributed by atoms with Gasteiger partial charge in [0.05, 0.1) is 5.60 Å². The average Bonchev–Trinajstić information content (AvgIpc) is 2.27. The number of rotatable bonds is 1. The molecule has 1 unspecified atom stereocenters. The lowest BCUT2D eigenvalue weighted by Crippen LogP contribution is -2.60. The molecule has 0 radical (unpaired) electrons. The van der Waals surface area contributed by atoms with Gasteiger partial charge in [0.15, 0.2) is 0 Å². The van der Waals surface area contributed by atoms with Crippen LogP contribution in [-0.4, -0.2) is 23.8 Å². The summed E-state index contributed by atoms with van der Waals surface area (Å²) in [5.41, 5.74) is -0.360. The van der Waals surface area contributed by atoms with Crippen LogP contribution in [0.1, 0.15) is 44.9 Å². The third-order valence-electron chi connectivity index (χ3n) is 6.24. The zero-order valence-corrected chi connectivity index (χ0v) is 10.7. The van der Waals surface area contributed by atoms with E-state index >= 15 is 0 Å². The minimum absolute atomic E-state index is 0.360. The summed E-state index contributed by atoms with van der Waals surface area (Å²) < 4.78 is 0. The van der Waals surface area contributed by atoms with E-state index < -0.39 is 0 Å². The maximum Gasteiger partial charge on any atom is 0.0805 e. The van der Waals surface area contributed by atoms with Gasteiger partial charge in [-0.1, -0.05) is 0 Å². The highest BCUT2D eigenvalue weighted by molar-refractivity contribution is 5.06. The maximum absolute atomic E-state index is 11.0. The van der Waals surface area contributed by atoms with E-state index in [1.165, 1.54) is 38.5 Å². The topological polar surface area (TPSA) is 32.3 Å². The molecule has 4 aliphatic carbocycles. The molecule has 0 aromatic carbocycles. The van der Waals surface area contributed by atoms with Gasteiger partial charge in [0.2, 0.25) is 0 Å². The van der Waals surface area contributed by atoms with Gasteiger partial charge in [0.25, 0.3) is 0 Å². The van der Waals surface area contributed by atoms with E-state index in [-0.39, 0.29) is 5.60 Å². The Morgan fingerprint density at radius 3 is 2.12 bits per heavy atom. The van der Waals surface area contributed by atoms with Crippen molar-refractivity contribution < 1.29 is 5.11 Å². The fourth-order valence-electron chi connectivity index (χ4n) is 6.00. The van der Waals surface area contributed by atoms with Gasteiger partial charge in [-0.25, -0.2) is 0 Å². The van der Waals surface area contributed by atoms with Crippen LogP contribution < -0.4 is 5.32 Å². The molecule has 0 amide bonds. The van der Waals surface area contributed by atoms with E-state index in [1.807, 2.05) is 0 Å². The highest BCUT2D eigenvalue weighted by Gasteiger charge is 2.55. The molecule has 0 aromatic rings. The van der Waals surface area contributed by atoms with Gasteiger partial charge in [-0.05, 0) is 81.1 Å². The molecule has 5 fully saturated rings. The first-order valence-corrected chi connectivity index (χ1v) is 7.68. The highest BCUT2D eigenvalue weighted by Crippen LogP contribution is 2.59. The number of hydrogen-bond acceptors (Lipinski definition) is 2. The van der Waals surface area contributed by atoms with E-state index in [4.69, 9.17) is 0 Å². The Balaban J connectivity index is 1.61. The number of aliphatic hydroxyl groups is 1. The molecule has 5 aliphatic rings. The molecule has 1 saturated heterocycles. The van der Waals surface area contributed by atoms with Crippen molar-refractivity contribution in [2.45, 2.75) is 50.5 Å². The molecule has 1 heterocycles. The van der Waals surface area contributed by atoms with Crippen molar-refractivity contribution in [2.75, 3.05) is 13.1 Å². The molecule has 96 valence electrons. The third-order valence-corrected chi connectivity index (χ3v) is 6.24. The Bertz CT molecular complexity index is 280. The summed E-state index contributed by atoms with van der Waals surface area (Å²) in [4.78, 5) is 0. The second-order valence-corrected chi connectivity index (χ2v) is 7.34. The van der Waals surface area contributed by atoms with Crippen molar-refractivity contribution in [2.24, 2.45) is 29.6 Å². The van der Waals surface area contributed by atoms with Gasteiger partial charge in [-0.3, -0.25) is 0 Å². The molecule has 2 heteroatoms. The lowest BCUT2D eigenvalue weighted by Gasteiger charge is -2.59. The van der Waals surface area contributed by atoms with Gasteiger partial charge >= 0.3 is 0 Å². The smallest absolute Gasteiger partial charge is 0.0805 e. The average molecular weight is 235 g/mol. The predicted octanol–water partition coefficient (Wildman–Crippen LogP) is 2.17. The first kappa shape index (κ1) is 10.8. The molecule has 4 bridgehead atoms. The van der Waals surface area contributed by atoms with Gasteiger partial charge < -0.3 is 10.4 Å². The van der Waals surface area contributed by atoms with Crippen LogP contribution in [0.5, 0.6) is 0 Å². The SMILES string of the molecule is OC1(C2C3CC4CC(C3)CC2C4)CCCNC1. The van der Waals surface area contributed by atoms with Gasteiger partial charge in [-0.2, -0.15) is 0 Å². The van der Waals surface area contributed by atoms with Crippen LogP contribution in [-0.2, 0) is 0 Å². The molecule has 4 saturated carbocycles. The van der Waals surface area contributed by atoms with Crippen molar-refractivity contribution in [3.05, 3.63) is 0 Å². The van der Waals surface area contributed by atoms with E-state index in [0.29, 0.717) is 5.92 Å². The van der Waals surface area contributed by atoms with Crippen molar-refractivity contribution in [1.29, 1.82) is 0 Å². The number of piperidine rings is 1. The summed E-state index contributed by atoms with van der Waals surface area (Å²) in [5.74, 6) is 4.39. The predicted molar refractivity (Wildman–Crippen MR) is 67.6 cm³/mol.